The van der Waals surface area contributed by atoms with Crippen LogP contribution in [0.2, 0.25) is 0 Å². The van der Waals surface area contributed by atoms with Crippen LogP contribution in [-0.2, 0) is 4.74 Å². The summed E-state index contributed by atoms with van der Waals surface area (Å²) in [7, 11) is 0. The standard InChI is InChI=1S/C16H17BrN4O2/c1-11-8-12(17)2-3-13(11)20-16(22)14-9-15(19-10-18-14)21-4-6-23-7-5-21/h2-3,8-10H,4-7H2,1H3,(H,20,22). The SMILES string of the molecule is Cc1cc(Br)ccc1NC(=O)c1cc(N2CCOCC2)ncn1. The normalized spacial score (nSPS) is 14.6. The van der Waals surface area contributed by atoms with Gasteiger partial charge < -0.3 is 15.0 Å². The van der Waals surface area contributed by atoms with Crippen molar-refractivity contribution in [3.8, 4) is 0 Å². The Morgan fingerprint density at radius 2 is 2.04 bits per heavy atom. The molecular formula is C16H17BrN4O2. The van der Waals surface area contributed by atoms with Gasteiger partial charge >= 0.3 is 0 Å². The van der Waals surface area contributed by atoms with E-state index in [1.54, 1.807) is 6.07 Å². The molecule has 0 atom stereocenters. The molecule has 0 bridgehead atoms. The van der Waals surface area contributed by atoms with Gasteiger partial charge in [0.15, 0.2) is 0 Å². The third-order valence-corrected chi connectivity index (χ3v) is 4.15. The number of benzene rings is 1. The second-order valence-electron chi connectivity index (χ2n) is 5.27. The van der Waals surface area contributed by atoms with Crippen LogP contribution < -0.4 is 10.2 Å². The Balaban J connectivity index is 1.76. The molecular weight excluding hydrogens is 360 g/mol. The van der Waals surface area contributed by atoms with E-state index in [0.717, 1.165) is 34.6 Å². The van der Waals surface area contributed by atoms with E-state index < -0.39 is 0 Å². The number of hydrogen-bond donors (Lipinski definition) is 1. The van der Waals surface area contributed by atoms with Crippen molar-refractivity contribution in [3.63, 3.8) is 0 Å². The number of aryl methyl sites for hydroxylation is 1. The molecule has 1 aliphatic rings. The van der Waals surface area contributed by atoms with Crippen LogP contribution >= 0.6 is 15.9 Å². The summed E-state index contributed by atoms with van der Waals surface area (Å²) >= 11 is 3.41. The highest BCUT2D eigenvalue weighted by molar-refractivity contribution is 9.10. The molecule has 0 spiro atoms. The summed E-state index contributed by atoms with van der Waals surface area (Å²) in [5.74, 6) is 0.508. The minimum atomic E-state index is -0.243. The number of aromatic nitrogens is 2. The van der Waals surface area contributed by atoms with Crippen LogP contribution in [0.25, 0.3) is 0 Å². The van der Waals surface area contributed by atoms with Gasteiger partial charge in [0.1, 0.15) is 17.8 Å². The number of hydrogen-bond acceptors (Lipinski definition) is 5. The van der Waals surface area contributed by atoms with Crippen LogP contribution in [-0.4, -0.2) is 42.2 Å². The minimum absolute atomic E-state index is 0.243. The lowest BCUT2D eigenvalue weighted by Crippen LogP contribution is -2.37. The molecule has 0 radical (unpaired) electrons. The molecule has 3 rings (SSSR count). The van der Waals surface area contributed by atoms with E-state index in [0.29, 0.717) is 18.9 Å². The van der Waals surface area contributed by atoms with Crippen molar-refractivity contribution in [2.75, 3.05) is 36.5 Å². The summed E-state index contributed by atoms with van der Waals surface area (Å²) in [5, 5.41) is 2.89. The lowest BCUT2D eigenvalue weighted by Gasteiger charge is -2.27. The predicted octanol–water partition coefficient (Wildman–Crippen LogP) is 2.64. The molecule has 0 aliphatic carbocycles. The van der Waals surface area contributed by atoms with Crippen LogP contribution in [0.4, 0.5) is 11.5 Å². The fraction of sp³-hybridized carbons (Fsp3) is 0.312. The second kappa shape index (κ2) is 7.06. The molecule has 2 aromatic rings. The number of halogens is 1. The topological polar surface area (TPSA) is 67.4 Å². The number of anilines is 2. The largest absolute Gasteiger partial charge is 0.378 e. The summed E-state index contributed by atoms with van der Waals surface area (Å²) in [4.78, 5) is 22.9. The van der Waals surface area contributed by atoms with E-state index in [-0.39, 0.29) is 5.91 Å². The minimum Gasteiger partial charge on any atom is -0.378 e. The van der Waals surface area contributed by atoms with Crippen LogP contribution in [0.3, 0.4) is 0 Å². The first-order valence-electron chi connectivity index (χ1n) is 7.36. The molecule has 1 aromatic carbocycles. The van der Waals surface area contributed by atoms with Crippen molar-refractivity contribution >= 4 is 33.3 Å². The van der Waals surface area contributed by atoms with Crippen molar-refractivity contribution in [2.45, 2.75) is 6.92 Å². The van der Waals surface area contributed by atoms with Gasteiger partial charge in [-0.1, -0.05) is 15.9 Å². The molecule has 1 N–H and O–H groups in total. The Morgan fingerprint density at radius 3 is 2.78 bits per heavy atom. The van der Waals surface area contributed by atoms with Crippen LogP contribution in [0.15, 0.2) is 35.1 Å². The van der Waals surface area contributed by atoms with E-state index in [9.17, 15) is 4.79 Å². The molecule has 120 valence electrons. The van der Waals surface area contributed by atoms with E-state index >= 15 is 0 Å². The van der Waals surface area contributed by atoms with Gasteiger partial charge in [0.05, 0.1) is 13.2 Å². The Kier molecular flexibility index (Phi) is 4.88. The Hall–Kier alpha value is -1.99. The van der Waals surface area contributed by atoms with E-state index in [1.165, 1.54) is 6.33 Å². The monoisotopic (exact) mass is 376 g/mol. The molecule has 6 nitrogen and oxygen atoms in total. The Morgan fingerprint density at radius 1 is 1.26 bits per heavy atom. The number of rotatable bonds is 3. The summed E-state index contributed by atoms with van der Waals surface area (Å²) < 4.78 is 6.31. The zero-order chi connectivity index (χ0) is 16.2. The summed E-state index contributed by atoms with van der Waals surface area (Å²) in [6.45, 7) is 4.82. The van der Waals surface area contributed by atoms with Gasteiger partial charge in [-0.2, -0.15) is 0 Å². The summed E-state index contributed by atoms with van der Waals surface area (Å²) in [6.07, 6.45) is 1.42. The first kappa shape index (κ1) is 15.9. The number of nitrogens with one attached hydrogen (secondary N) is 1. The third kappa shape index (κ3) is 3.86. The fourth-order valence-electron chi connectivity index (χ4n) is 2.39. The summed E-state index contributed by atoms with van der Waals surface area (Å²) in [6, 6.07) is 7.42. The number of amides is 1. The maximum Gasteiger partial charge on any atom is 0.274 e. The van der Waals surface area contributed by atoms with Crippen LogP contribution in [0.5, 0.6) is 0 Å². The van der Waals surface area contributed by atoms with Gasteiger partial charge in [0, 0.05) is 29.3 Å². The summed E-state index contributed by atoms with van der Waals surface area (Å²) in [5.41, 5.74) is 2.10. The zero-order valence-corrected chi connectivity index (χ0v) is 14.3. The van der Waals surface area contributed by atoms with E-state index in [4.69, 9.17) is 4.74 Å². The van der Waals surface area contributed by atoms with Gasteiger partial charge in [-0.05, 0) is 30.7 Å². The number of carbonyl (C=O) groups excluding carboxylic acids is 1. The molecule has 0 unspecified atom stereocenters. The van der Waals surface area contributed by atoms with Crippen molar-refractivity contribution < 1.29 is 9.53 Å². The highest BCUT2D eigenvalue weighted by atomic mass is 79.9. The van der Waals surface area contributed by atoms with E-state index in [1.807, 2.05) is 25.1 Å². The molecule has 1 fully saturated rings. The lowest BCUT2D eigenvalue weighted by atomic mass is 10.2. The average Bonchev–Trinajstić information content (AvgIpc) is 2.58. The molecule has 0 saturated carbocycles. The van der Waals surface area contributed by atoms with Gasteiger partial charge in [-0.15, -0.1) is 0 Å². The predicted molar refractivity (Wildman–Crippen MR) is 91.9 cm³/mol. The first-order chi connectivity index (χ1) is 11.1. The van der Waals surface area contributed by atoms with Crippen molar-refractivity contribution in [1.29, 1.82) is 0 Å². The Labute approximate surface area is 143 Å². The van der Waals surface area contributed by atoms with Gasteiger partial charge in [-0.25, -0.2) is 9.97 Å². The number of ether oxygens (including phenoxy) is 1. The number of nitrogens with zero attached hydrogens (tertiary/aromatic N) is 3. The smallest absolute Gasteiger partial charge is 0.274 e. The highest BCUT2D eigenvalue weighted by Gasteiger charge is 2.16. The van der Waals surface area contributed by atoms with Crippen LogP contribution in [0, 0.1) is 6.92 Å². The maximum absolute atomic E-state index is 12.4. The molecule has 1 aliphatic heterocycles. The van der Waals surface area contributed by atoms with E-state index in [2.05, 4.69) is 36.1 Å². The Bertz CT molecular complexity index is 717. The quantitative estimate of drug-likeness (QED) is 0.891. The molecule has 1 amide bonds. The average molecular weight is 377 g/mol. The number of carbonyl (C=O) groups is 1. The van der Waals surface area contributed by atoms with Crippen molar-refractivity contribution in [1.82, 2.24) is 9.97 Å². The molecule has 1 aromatic heterocycles. The van der Waals surface area contributed by atoms with Crippen LogP contribution in [0.1, 0.15) is 16.1 Å². The fourth-order valence-corrected chi connectivity index (χ4v) is 2.87. The second-order valence-corrected chi connectivity index (χ2v) is 6.19. The molecule has 1 saturated heterocycles. The number of morpholine rings is 1. The lowest BCUT2D eigenvalue weighted by molar-refractivity contribution is 0.102. The first-order valence-corrected chi connectivity index (χ1v) is 8.15. The van der Waals surface area contributed by atoms with Gasteiger partial charge in [0.2, 0.25) is 0 Å². The van der Waals surface area contributed by atoms with Gasteiger partial charge in [0.25, 0.3) is 5.91 Å². The van der Waals surface area contributed by atoms with Crippen molar-refractivity contribution in [2.24, 2.45) is 0 Å². The maximum atomic E-state index is 12.4. The molecule has 7 heteroatoms. The highest BCUT2D eigenvalue weighted by Crippen LogP contribution is 2.21. The zero-order valence-electron chi connectivity index (χ0n) is 12.8. The third-order valence-electron chi connectivity index (χ3n) is 3.66. The van der Waals surface area contributed by atoms with Gasteiger partial charge in [-0.3, -0.25) is 4.79 Å². The molecule has 23 heavy (non-hydrogen) atoms. The molecule has 2 heterocycles. The van der Waals surface area contributed by atoms with Crippen molar-refractivity contribution in [3.05, 3.63) is 46.3 Å².